The van der Waals surface area contributed by atoms with Crippen LogP contribution in [0.25, 0.3) is 0 Å². The number of hydrogen-bond acceptors (Lipinski definition) is 3. The van der Waals surface area contributed by atoms with Crippen LogP contribution in [0.3, 0.4) is 0 Å². The van der Waals surface area contributed by atoms with Crippen LogP contribution in [-0.2, 0) is 4.79 Å². The largest absolute Gasteiger partial charge is 0.481 e. The summed E-state index contributed by atoms with van der Waals surface area (Å²) in [5.41, 5.74) is 0. The molecule has 6 heteroatoms. The van der Waals surface area contributed by atoms with Gasteiger partial charge in [-0.05, 0) is 19.3 Å². The van der Waals surface area contributed by atoms with E-state index in [9.17, 15) is 14.7 Å². The van der Waals surface area contributed by atoms with Gasteiger partial charge >= 0.3 is 12.0 Å². The van der Waals surface area contributed by atoms with Gasteiger partial charge in [0.25, 0.3) is 0 Å². The summed E-state index contributed by atoms with van der Waals surface area (Å²) in [7, 11) is 1.64. The van der Waals surface area contributed by atoms with Crippen molar-refractivity contribution in [2.24, 2.45) is 0 Å². The first kappa shape index (κ1) is 15.8. The fourth-order valence-corrected chi connectivity index (χ4v) is 2.29. The van der Waals surface area contributed by atoms with Crippen LogP contribution in [0.4, 0.5) is 4.79 Å². The summed E-state index contributed by atoms with van der Waals surface area (Å²) in [6.45, 7) is 0.404. The number of rotatable bonds is 5. The molecule has 1 aliphatic carbocycles. The maximum Gasteiger partial charge on any atom is 0.317 e. The molecule has 0 aromatic rings. The van der Waals surface area contributed by atoms with Gasteiger partial charge in [-0.25, -0.2) is 4.79 Å². The van der Waals surface area contributed by atoms with Gasteiger partial charge in [0, 0.05) is 20.0 Å². The molecule has 19 heavy (non-hydrogen) atoms. The number of aliphatic carboxylic acids is 1. The molecule has 0 aliphatic heterocycles. The quantitative estimate of drug-likeness (QED) is 0.656. The number of nitrogens with one attached hydrogen (secondary N) is 1. The van der Waals surface area contributed by atoms with Crippen molar-refractivity contribution < 1.29 is 19.8 Å². The van der Waals surface area contributed by atoms with E-state index in [1.54, 1.807) is 7.05 Å². The Morgan fingerprint density at radius 3 is 2.63 bits per heavy atom. The van der Waals surface area contributed by atoms with Crippen molar-refractivity contribution in [1.82, 2.24) is 10.2 Å². The van der Waals surface area contributed by atoms with E-state index in [4.69, 9.17) is 5.11 Å². The average Bonchev–Trinajstić information content (AvgIpc) is 2.54. The predicted molar refractivity (Wildman–Crippen MR) is 70.9 cm³/mol. The number of carbonyl (C=O) groups is 2. The lowest BCUT2D eigenvalue weighted by Crippen LogP contribution is -2.48. The minimum absolute atomic E-state index is 0.0592. The van der Waals surface area contributed by atoms with Gasteiger partial charge in [-0.15, -0.1) is 0 Å². The van der Waals surface area contributed by atoms with Crippen LogP contribution >= 0.6 is 0 Å². The molecule has 0 saturated heterocycles. The van der Waals surface area contributed by atoms with E-state index in [0.29, 0.717) is 13.0 Å². The van der Waals surface area contributed by atoms with Crippen molar-refractivity contribution in [1.29, 1.82) is 0 Å². The van der Waals surface area contributed by atoms with Gasteiger partial charge in [-0.1, -0.05) is 19.3 Å². The third kappa shape index (κ3) is 5.92. The summed E-state index contributed by atoms with van der Waals surface area (Å²) in [6.07, 6.45) is 4.67. The number of urea groups is 1. The zero-order valence-corrected chi connectivity index (χ0v) is 11.5. The second-order valence-electron chi connectivity index (χ2n) is 5.18. The second-order valence-corrected chi connectivity index (χ2v) is 5.18. The van der Waals surface area contributed by atoms with E-state index in [1.165, 1.54) is 4.90 Å². The number of hydrogen-bond donors (Lipinski definition) is 3. The summed E-state index contributed by atoms with van der Waals surface area (Å²) in [4.78, 5) is 23.8. The van der Waals surface area contributed by atoms with Gasteiger partial charge in [-0.3, -0.25) is 4.79 Å². The minimum Gasteiger partial charge on any atom is -0.481 e. The number of aliphatic hydroxyl groups is 1. The van der Waals surface area contributed by atoms with Crippen molar-refractivity contribution >= 4 is 12.0 Å². The summed E-state index contributed by atoms with van der Waals surface area (Å²) >= 11 is 0. The van der Waals surface area contributed by atoms with E-state index >= 15 is 0 Å². The molecule has 6 nitrogen and oxygen atoms in total. The summed E-state index contributed by atoms with van der Waals surface area (Å²) in [5.74, 6) is -0.854. The smallest absolute Gasteiger partial charge is 0.317 e. The Labute approximate surface area is 113 Å². The Morgan fingerprint density at radius 1 is 1.26 bits per heavy atom. The SMILES string of the molecule is CN(CCCC(=O)O)C(=O)NC1CCCCCC1O. The van der Waals surface area contributed by atoms with E-state index < -0.39 is 12.1 Å². The Bertz CT molecular complexity index is 309. The predicted octanol–water partition coefficient (Wildman–Crippen LogP) is 1.19. The van der Waals surface area contributed by atoms with Gasteiger partial charge in [0.05, 0.1) is 12.1 Å². The molecule has 110 valence electrons. The van der Waals surface area contributed by atoms with Crippen LogP contribution in [0, 0.1) is 0 Å². The molecule has 0 spiro atoms. The van der Waals surface area contributed by atoms with Crippen LogP contribution in [0.15, 0.2) is 0 Å². The molecule has 0 aromatic heterocycles. The van der Waals surface area contributed by atoms with Crippen molar-refractivity contribution in [2.45, 2.75) is 57.1 Å². The van der Waals surface area contributed by atoms with E-state index in [-0.39, 0.29) is 18.5 Å². The lowest BCUT2D eigenvalue weighted by atomic mass is 10.1. The molecule has 2 atom stereocenters. The molecular formula is C13H24N2O4. The van der Waals surface area contributed by atoms with Crippen molar-refractivity contribution in [2.75, 3.05) is 13.6 Å². The number of aliphatic hydroxyl groups excluding tert-OH is 1. The lowest BCUT2D eigenvalue weighted by molar-refractivity contribution is -0.137. The first-order chi connectivity index (χ1) is 9.00. The Hall–Kier alpha value is -1.30. The summed E-state index contributed by atoms with van der Waals surface area (Å²) in [6, 6.07) is -0.423. The van der Waals surface area contributed by atoms with Crippen molar-refractivity contribution in [3.8, 4) is 0 Å². The summed E-state index contributed by atoms with van der Waals surface area (Å²) < 4.78 is 0. The highest BCUT2D eigenvalue weighted by atomic mass is 16.4. The fraction of sp³-hybridized carbons (Fsp3) is 0.846. The number of amides is 2. The average molecular weight is 272 g/mol. The molecule has 1 aliphatic rings. The zero-order chi connectivity index (χ0) is 14.3. The fourth-order valence-electron chi connectivity index (χ4n) is 2.29. The Morgan fingerprint density at radius 2 is 1.95 bits per heavy atom. The number of carboxylic acid groups (broad SMARTS) is 1. The molecule has 0 bridgehead atoms. The number of nitrogens with zero attached hydrogens (tertiary/aromatic N) is 1. The topological polar surface area (TPSA) is 89.9 Å². The first-order valence-corrected chi connectivity index (χ1v) is 6.92. The molecule has 1 saturated carbocycles. The molecule has 2 amide bonds. The highest BCUT2D eigenvalue weighted by molar-refractivity contribution is 5.74. The monoisotopic (exact) mass is 272 g/mol. The highest BCUT2D eigenvalue weighted by Crippen LogP contribution is 2.18. The number of carboxylic acids is 1. The van der Waals surface area contributed by atoms with Crippen LogP contribution in [0.1, 0.15) is 44.9 Å². The van der Waals surface area contributed by atoms with Crippen molar-refractivity contribution in [3.05, 3.63) is 0 Å². The Kier molecular flexibility index (Phi) is 6.62. The van der Waals surface area contributed by atoms with Crippen LogP contribution in [0.2, 0.25) is 0 Å². The standard InChI is InChI=1S/C13H24N2O4/c1-15(9-5-8-12(17)18)13(19)14-10-6-3-2-4-7-11(10)16/h10-11,16H,2-9H2,1H3,(H,14,19)(H,17,18). The van der Waals surface area contributed by atoms with Crippen LogP contribution in [-0.4, -0.2) is 52.9 Å². The number of carbonyl (C=O) groups excluding carboxylic acids is 1. The maximum atomic E-state index is 11.9. The third-order valence-corrected chi connectivity index (χ3v) is 3.52. The maximum absolute atomic E-state index is 11.9. The lowest BCUT2D eigenvalue weighted by Gasteiger charge is -2.25. The molecule has 2 unspecified atom stereocenters. The van der Waals surface area contributed by atoms with Gasteiger partial charge < -0.3 is 20.4 Å². The van der Waals surface area contributed by atoms with Gasteiger partial charge in [0.15, 0.2) is 0 Å². The van der Waals surface area contributed by atoms with Gasteiger partial charge in [0.2, 0.25) is 0 Å². The molecule has 3 N–H and O–H groups in total. The second kappa shape index (κ2) is 7.99. The molecule has 1 fully saturated rings. The van der Waals surface area contributed by atoms with E-state index in [0.717, 1.165) is 32.1 Å². The zero-order valence-electron chi connectivity index (χ0n) is 11.5. The van der Waals surface area contributed by atoms with Crippen LogP contribution in [0.5, 0.6) is 0 Å². The van der Waals surface area contributed by atoms with Gasteiger partial charge in [-0.2, -0.15) is 0 Å². The Balaban J connectivity index is 2.33. The molecule has 0 radical (unpaired) electrons. The van der Waals surface area contributed by atoms with Crippen molar-refractivity contribution in [3.63, 3.8) is 0 Å². The van der Waals surface area contributed by atoms with Crippen LogP contribution < -0.4 is 5.32 Å². The molecule has 1 rings (SSSR count). The third-order valence-electron chi connectivity index (χ3n) is 3.52. The summed E-state index contributed by atoms with van der Waals surface area (Å²) in [5, 5.41) is 21.3. The molecule has 0 aromatic carbocycles. The van der Waals surface area contributed by atoms with Gasteiger partial charge in [0.1, 0.15) is 0 Å². The minimum atomic E-state index is -0.854. The van der Waals surface area contributed by atoms with E-state index in [2.05, 4.69) is 5.32 Å². The molecule has 0 heterocycles. The first-order valence-electron chi connectivity index (χ1n) is 6.92. The van der Waals surface area contributed by atoms with E-state index in [1.807, 2.05) is 0 Å². The normalized spacial score (nSPS) is 23.5. The molecular weight excluding hydrogens is 248 g/mol. The highest BCUT2D eigenvalue weighted by Gasteiger charge is 2.24.